The molecule has 0 amide bonds. The van der Waals surface area contributed by atoms with E-state index in [9.17, 15) is 23.2 Å². The fourth-order valence-electron chi connectivity index (χ4n) is 3.51. The Labute approximate surface area is 171 Å². The molecule has 1 aromatic heterocycles. The third-order valence-electron chi connectivity index (χ3n) is 5.00. The minimum absolute atomic E-state index is 0.0230. The van der Waals surface area contributed by atoms with Gasteiger partial charge in [-0.3, -0.25) is 0 Å². The van der Waals surface area contributed by atoms with Crippen molar-refractivity contribution in [3.05, 3.63) is 59.3 Å². The zero-order chi connectivity index (χ0) is 21.8. The van der Waals surface area contributed by atoms with Crippen molar-refractivity contribution in [3.63, 3.8) is 0 Å². The Morgan fingerprint density at radius 2 is 1.87 bits per heavy atom. The van der Waals surface area contributed by atoms with Gasteiger partial charge in [-0.2, -0.15) is 18.4 Å². The van der Waals surface area contributed by atoms with Gasteiger partial charge in [-0.15, -0.1) is 0 Å². The second-order valence-corrected chi connectivity index (χ2v) is 6.81. The Morgan fingerprint density at radius 3 is 2.43 bits per heavy atom. The minimum Gasteiger partial charge on any atom is -0.435 e. The van der Waals surface area contributed by atoms with Crippen molar-refractivity contribution in [2.24, 2.45) is 0 Å². The Morgan fingerprint density at radius 1 is 1.20 bits per heavy atom. The summed E-state index contributed by atoms with van der Waals surface area (Å²) in [6.45, 7) is 2.33. The van der Waals surface area contributed by atoms with Gasteiger partial charge in [-0.1, -0.05) is 30.3 Å². The molecule has 0 saturated carbocycles. The Balaban J connectivity index is 1.88. The number of rotatable bonds is 4. The van der Waals surface area contributed by atoms with Crippen LogP contribution in [0.25, 0.3) is 0 Å². The number of halogens is 3. The molecule has 0 atom stereocenters. The highest BCUT2D eigenvalue weighted by Gasteiger charge is 2.41. The van der Waals surface area contributed by atoms with Crippen LogP contribution in [0.1, 0.15) is 36.6 Å². The molecule has 2 aromatic rings. The van der Waals surface area contributed by atoms with E-state index >= 15 is 0 Å². The second-order valence-electron chi connectivity index (χ2n) is 6.81. The number of pyridine rings is 1. The lowest BCUT2D eigenvalue weighted by molar-refractivity contribution is -0.141. The molecule has 0 unspecified atom stereocenters. The zero-order valence-corrected chi connectivity index (χ0v) is 16.3. The summed E-state index contributed by atoms with van der Waals surface area (Å²) >= 11 is 0. The number of carbonyl (C=O) groups is 1. The number of nitriles is 1. The van der Waals surface area contributed by atoms with Crippen LogP contribution in [-0.4, -0.2) is 30.8 Å². The Hall–Kier alpha value is -3.28. The molecular formula is C21H20F3N3O3. The number of ether oxygens (including phenoxy) is 2. The van der Waals surface area contributed by atoms with Crippen LogP contribution in [0.5, 0.6) is 0 Å². The van der Waals surface area contributed by atoms with E-state index in [2.05, 4.69) is 4.98 Å². The fraction of sp³-hybridized carbons (Fsp3) is 0.381. The van der Waals surface area contributed by atoms with Crippen LogP contribution in [0.15, 0.2) is 42.5 Å². The summed E-state index contributed by atoms with van der Waals surface area (Å²) in [4.78, 5) is 17.4. The van der Waals surface area contributed by atoms with Gasteiger partial charge in [0.05, 0.1) is 12.2 Å². The summed E-state index contributed by atoms with van der Waals surface area (Å²) in [5.74, 6) is -0.0230. The SMILES string of the molecule is CCOC(=O)OC1(c2ccccc2)CCN(c2nc(C(F)(F)F)ccc2C#N)CC1. The molecule has 1 aliphatic rings. The molecule has 6 nitrogen and oxygen atoms in total. The monoisotopic (exact) mass is 419 g/mol. The van der Waals surface area contributed by atoms with Crippen molar-refractivity contribution in [1.29, 1.82) is 5.26 Å². The maximum Gasteiger partial charge on any atom is 0.509 e. The highest BCUT2D eigenvalue weighted by Crippen LogP contribution is 2.39. The molecule has 1 aliphatic heterocycles. The van der Waals surface area contributed by atoms with Gasteiger partial charge in [0.1, 0.15) is 23.2 Å². The summed E-state index contributed by atoms with van der Waals surface area (Å²) in [5, 5.41) is 9.32. The molecule has 158 valence electrons. The van der Waals surface area contributed by atoms with Crippen LogP contribution in [0.2, 0.25) is 0 Å². The van der Waals surface area contributed by atoms with Crippen LogP contribution in [0, 0.1) is 11.3 Å². The summed E-state index contributed by atoms with van der Waals surface area (Å²) in [6, 6.07) is 13.0. The molecule has 2 heterocycles. The predicted molar refractivity (Wildman–Crippen MR) is 102 cm³/mol. The van der Waals surface area contributed by atoms with Gasteiger partial charge in [0.15, 0.2) is 0 Å². The highest BCUT2D eigenvalue weighted by molar-refractivity contribution is 5.61. The number of carbonyl (C=O) groups excluding carboxylic acids is 1. The van der Waals surface area contributed by atoms with Crippen molar-refractivity contribution in [2.75, 3.05) is 24.6 Å². The first-order valence-corrected chi connectivity index (χ1v) is 9.43. The lowest BCUT2D eigenvalue weighted by atomic mass is 9.84. The Kier molecular flexibility index (Phi) is 6.15. The van der Waals surface area contributed by atoms with Gasteiger partial charge in [0.25, 0.3) is 0 Å². The number of hydrogen-bond donors (Lipinski definition) is 0. The number of piperidine rings is 1. The Bertz CT molecular complexity index is 934. The van der Waals surface area contributed by atoms with Crippen molar-refractivity contribution < 1.29 is 27.4 Å². The summed E-state index contributed by atoms with van der Waals surface area (Å²) < 4.78 is 49.9. The first-order valence-electron chi connectivity index (χ1n) is 9.43. The van der Waals surface area contributed by atoms with Gasteiger partial charge < -0.3 is 14.4 Å². The summed E-state index contributed by atoms with van der Waals surface area (Å²) in [7, 11) is 0. The molecule has 3 rings (SSSR count). The maximum absolute atomic E-state index is 13.1. The second kappa shape index (κ2) is 8.61. The normalized spacial score (nSPS) is 15.9. The lowest BCUT2D eigenvalue weighted by Gasteiger charge is -2.41. The van der Waals surface area contributed by atoms with Gasteiger partial charge >= 0.3 is 12.3 Å². The van der Waals surface area contributed by atoms with E-state index in [4.69, 9.17) is 9.47 Å². The van der Waals surface area contributed by atoms with Gasteiger partial charge in [-0.05, 0) is 24.6 Å². The third kappa shape index (κ3) is 4.48. The first kappa shape index (κ1) is 21.4. The fourth-order valence-corrected chi connectivity index (χ4v) is 3.51. The van der Waals surface area contributed by atoms with E-state index in [1.54, 1.807) is 11.8 Å². The average molecular weight is 419 g/mol. The topological polar surface area (TPSA) is 75.5 Å². The summed E-state index contributed by atoms with van der Waals surface area (Å²) in [5.41, 5.74) is -1.20. The number of aromatic nitrogens is 1. The third-order valence-corrected chi connectivity index (χ3v) is 5.00. The number of anilines is 1. The van der Waals surface area contributed by atoms with E-state index in [1.165, 1.54) is 0 Å². The molecule has 0 aliphatic carbocycles. The smallest absolute Gasteiger partial charge is 0.435 e. The molecule has 1 fully saturated rings. The molecule has 0 spiro atoms. The van der Waals surface area contributed by atoms with E-state index < -0.39 is 23.6 Å². The molecule has 0 radical (unpaired) electrons. The summed E-state index contributed by atoms with van der Waals surface area (Å²) in [6.07, 6.45) is -4.80. The average Bonchev–Trinajstić information content (AvgIpc) is 2.74. The van der Waals surface area contributed by atoms with Crippen molar-refractivity contribution >= 4 is 12.0 Å². The predicted octanol–water partition coefficient (Wildman–Crippen LogP) is 4.64. The van der Waals surface area contributed by atoms with Gasteiger partial charge in [0.2, 0.25) is 0 Å². The van der Waals surface area contributed by atoms with Crippen molar-refractivity contribution in [1.82, 2.24) is 4.98 Å². The van der Waals surface area contributed by atoms with Crippen LogP contribution >= 0.6 is 0 Å². The standard InChI is InChI=1S/C21H20F3N3O3/c1-2-29-19(28)30-20(16-6-4-3-5-7-16)10-12-27(13-11-20)18-15(14-25)8-9-17(26-18)21(22,23)24/h3-9H,2,10-13H2,1H3. The van der Waals surface area contributed by atoms with E-state index in [1.807, 2.05) is 36.4 Å². The molecule has 1 aromatic carbocycles. The molecular weight excluding hydrogens is 399 g/mol. The number of hydrogen-bond acceptors (Lipinski definition) is 6. The zero-order valence-electron chi connectivity index (χ0n) is 16.3. The van der Waals surface area contributed by atoms with Gasteiger partial charge in [0, 0.05) is 25.9 Å². The molecule has 1 saturated heterocycles. The van der Waals surface area contributed by atoms with E-state index in [0.29, 0.717) is 12.8 Å². The van der Waals surface area contributed by atoms with Crippen LogP contribution in [-0.2, 0) is 21.3 Å². The minimum atomic E-state index is -4.61. The molecule has 9 heteroatoms. The number of nitrogens with zero attached hydrogens (tertiary/aromatic N) is 3. The van der Waals surface area contributed by atoms with Crippen molar-refractivity contribution in [2.45, 2.75) is 31.5 Å². The van der Waals surface area contributed by atoms with E-state index in [-0.39, 0.29) is 31.1 Å². The lowest BCUT2D eigenvalue weighted by Crippen LogP contribution is -2.46. The maximum atomic E-state index is 13.1. The molecule has 0 N–H and O–H groups in total. The number of benzene rings is 1. The molecule has 30 heavy (non-hydrogen) atoms. The highest BCUT2D eigenvalue weighted by atomic mass is 19.4. The largest absolute Gasteiger partial charge is 0.509 e. The quantitative estimate of drug-likeness (QED) is 0.672. The number of alkyl halides is 3. The van der Waals surface area contributed by atoms with Crippen LogP contribution < -0.4 is 4.90 Å². The van der Waals surface area contributed by atoms with Crippen molar-refractivity contribution in [3.8, 4) is 6.07 Å². The van der Waals surface area contributed by atoms with E-state index in [0.717, 1.165) is 17.7 Å². The van der Waals surface area contributed by atoms with Crippen LogP contribution in [0.3, 0.4) is 0 Å². The first-order chi connectivity index (χ1) is 14.3. The van der Waals surface area contributed by atoms with Crippen LogP contribution in [0.4, 0.5) is 23.8 Å². The van der Waals surface area contributed by atoms with Gasteiger partial charge in [-0.25, -0.2) is 9.78 Å². The molecule has 0 bridgehead atoms.